The van der Waals surface area contributed by atoms with E-state index in [4.69, 9.17) is 14.3 Å². The summed E-state index contributed by atoms with van der Waals surface area (Å²) in [7, 11) is 1.66. The minimum Gasteiger partial charge on any atom is -0.495 e. The van der Waals surface area contributed by atoms with Crippen LogP contribution in [0.4, 0.5) is 4.39 Å². The second-order valence-electron chi connectivity index (χ2n) is 7.32. The normalized spacial score (nSPS) is 17.1. The largest absolute Gasteiger partial charge is 0.495 e. The average molecular weight is 463 g/mol. The quantitative estimate of drug-likeness (QED) is 0.532. The van der Waals surface area contributed by atoms with E-state index in [1.165, 1.54) is 12.1 Å². The maximum absolute atomic E-state index is 11.9. The van der Waals surface area contributed by atoms with Crippen LogP contribution in [0.5, 0.6) is 5.75 Å². The molecule has 5 rings (SSSR count). The Kier molecular flexibility index (Phi) is 8.30. The zero-order chi connectivity index (χ0) is 24.5. The van der Waals surface area contributed by atoms with E-state index < -0.39 is 0 Å². The van der Waals surface area contributed by atoms with Gasteiger partial charge >= 0.3 is 0 Å². The highest BCUT2D eigenvalue weighted by Crippen LogP contribution is 2.28. The first-order valence-electron chi connectivity index (χ1n) is 10.6. The molecule has 0 N–H and O–H groups in total. The topological polar surface area (TPSA) is 61.1 Å². The summed E-state index contributed by atoms with van der Waals surface area (Å²) < 4.78 is 25.2. The number of nitrogens with zero attached hydrogens (tertiary/aromatic N) is 4. The molecule has 8 heteroatoms. The Morgan fingerprint density at radius 2 is 1.94 bits per heavy atom. The Morgan fingerprint density at radius 3 is 2.56 bits per heavy atom. The van der Waals surface area contributed by atoms with Gasteiger partial charge in [0.1, 0.15) is 18.2 Å². The molecule has 2 aliphatic heterocycles. The molecule has 0 spiro atoms. The van der Waals surface area contributed by atoms with Crippen molar-refractivity contribution in [3.8, 4) is 24.3 Å². The summed E-state index contributed by atoms with van der Waals surface area (Å²) in [6.07, 6.45) is 13.6. The highest BCUT2D eigenvalue weighted by atomic mass is 19.1. The van der Waals surface area contributed by atoms with Crippen LogP contribution in [0.25, 0.3) is 11.8 Å². The predicted molar refractivity (Wildman–Crippen MR) is 130 cm³/mol. The van der Waals surface area contributed by atoms with Crippen molar-refractivity contribution in [3.63, 3.8) is 0 Å². The summed E-state index contributed by atoms with van der Waals surface area (Å²) in [6.45, 7) is 5.32. The van der Waals surface area contributed by atoms with Crippen LogP contribution in [-0.4, -0.2) is 46.8 Å². The fourth-order valence-electron chi connectivity index (χ4n) is 3.42. The van der Waals surface area contributed by atoms with Crippen molar-refractivity contribution < 1.29 is 18.7 Å². The summed E-state index contributed by atoms with van der Waals surface area (Å²) in [5, 5.41) is 4.13. The number of halogens is 1. The van der Waals surface area contributed by atoms with Crippen molar-refractivity contribution in [1.29, 1.82) is 0 Å². The van der Waals surface area contributed by atoms with Gasteiger partial charge in [0.25, 0.3) is 0 Å². The van der Waals surface area contributed by atoms with Crippen LogP contribution < -0.4 is 4.74 Å². The van der Waals surface area contributed by atoms with Gasteiger partial charge < -0.3 is 23.8 Å². The Hall–Kier alpha value is -4.25. The second kappa shape index (κ2) is 11.6. The zero-order valence-electron chi connectivity index (χ0n) is 19.4. The molecule has 0 saturated carbocycles. The molecular weight excluding hydrogens is 435 g/mol. The predicted octanol–water partition coefficient (Wildman–Crippen LogP) is 4.63. The molecule has 3 aromatic rings. The zero-order valence-corrected chi connectivity index (χ0v) is 19.4. The molecule has 176 valence electrons. The number of hydrogen-bond donors (Lipinski definition) is 0. The van der Waals surface area contributed by atoms with Gasteiger partial charge in [-0.2, -0.15) is 0 Å². The third-order valence-corrected chi connectivity index (χ3v) is 5.04. The Balaban J connectivity index is 0.000000306. The molecule has 0 bridgehead atoms. The van der Waals surface area contributed by atoms with Crippen molar-refractivity contribution in [3.05, 3.63) is 83.9 Å². The van der Waals surface area contributed by atoms with Crippen molar-refractivity contribution in [2.75, 3.05) is 20.3 Å². The summed E-state index contributed by atoms with van der Waals surface area (Å²) in [5.41, 5.74) is 2.86. The van der Waals surface area contributed by atoms with E-state index in [2.05, 4.69) is 27.9 Å². The summed E-state index contributed by atoms with van der Waals surface area (Å²) >= 11 is 0. The number of hydrogen-bond acceptors (Lipinski definition) is 6. The number of morpholine rings is 1. The average Bonchev–Trinajstić information content (AvgIpc) is 3.47. The molecule has 0 unspecified atom stereocenters. The number of methoxy groups -OCH3 is 1. The van der Waals surface area contributed by atoms with Crippen LogP contribution in [0.1, 0.15) is 18.2 Å². The van der Waals surface area contributed by atoms with Crippen LogP contribution in [-0.2, 0) is 9.57 Å². The van der Waals surface area contributed by atoms with Crippen LogP contribution in [0.3, 0.4) is 0 Å². The van der Waals surface area contributed by atoms with Gasteiger partial charge in [0.05, 0.1) is 31.4 Å². The number of ether oxygens (including phenoxy) is 2. The number of terminal acetylenes is 1. The number of imidazole rings is 1. The monoisotopic (exact) mass is 462 g/mol. The molecule has 7 nitrogen and oxygen atoms in total. The molecule has 0 amide bonds. The van der Waals surface area contributed by atoms with Crippen molar-refractivity contribution in [1.82, 2.24) is 14.5 Å². The first kappa shape index (κ1) is 24.4. The fraction of sp³-hybridized carbons (Fsp3) is 0.231. The number of aryl methyl sites for hydroxylation is 1. The fourth-order valence-corrected chi connectivity index (χ4v) is 3.42. The lowest BCUT2D eigenvalue weighted by Gasteiger charge is -2.28. The number of rotatable bonds is 3. The van der Waals surface area contributed by atoms with Gasteiger partial charge in [-0.15, -0.1) is 12.8 Å². The van der Waals surface area contributed by atoms with E-state index in [-0.39, 0.29) is 12.0 Å². The van der Waals surface area contributed by atoms with Gasteiger partial charge in [0.15, 0.2) is 12.0 Å². The third-order valence-electron chi connectivity index (χ3n) is 5.04. The molecule has 34 heavy (non-hydrogen) atoms. The Morgan fingerprint density at radius 1 is 1.18 bits per heavy atom. The first-order chi connectivity index (χ1) is 16.5. The van der Waals surface area contributed by atoms with E-state index in [1.54, 1.807) is 31.6 Å². The molecule has 0 radical (unpaired) electrons. The van der Waals surface area contributed by atoms with Crippen molar-refractivity contribution >= 4 is 11.9 Å². The highest BCUT2D eigenvalue weighted by Gasteiger charge is 2.33. The summed E-state index contributed by atoms with van der Waals surface area (Å²) in [6, 6.07) is 13.9. The van der Waals surface area contributed by atoms with E-state index in [0.29, 0.717) is 12.4 Å². The molecule has 1 fully saturated rings. The van der Waals surface area contributed by atoms with Gasteiger partial charge in [-0.25, -0.2) is 9.37 Å². The van der Waals surface area contributed by atoms with Crippen LogP contribution in [0.15, 0.2) is 72.0 Å². The third kappa shape index (κ3) is 5.75. The lowest BCUT2D eigenvalue weighted by Crippen LogP contribution is -2.41. The molecule has 0 aliphatic carbocycles. The Labute approximate surface area is 199 Å². The van der Waals surface area contributed by atoms with Gasteiger partial charge in [-0.1, -0.05) is 29.4 Å². The van der Waals surface area contributed by atoms with Crippen LogP contribution >= 0.6 is 0 Å². The molecule has 1 saturated heterocycles. The lowest BCUT2D eigenvalue weighted by molar-refractivity contribution is 0.0137. The smallest absolute Gasteiger partial charge is 0.213 e. The Bertz CT molecular complexity index is 1170. The summed E-state index contributed by atoms with van der Waals surface area (Å²) in [5.74, 6) is 2.04. The van der Waals surface area contributed by atoms with Gasteiger partial charge in [-0.05, 0) is 49.8 Å². The SMILES string of the molecule is C#C.COc1cc(/C=C2\OCCN3C2=NO[C@H]3C)ccc1-n1cnc(C)c1.Fc1ccccc1. The standard InChI is InChI=1S/C18H20N4O3.C6H5F.C2H2/c1-12-10-21(11-19-12)15-5-4-14(8-16(15)23-3)9-17-18-20-25-13(2)22(18)6-7-24-17;7-6-4-2-1-3-5-6;1-2/h4-5,8-11,13H,6-7H2,1-3H3;1-5H;1-2H/b17-9-;;/t13-;;/m0../s1. The maximum Gasteiger partial charge on any atom is 0.213 e. The molecule has 1 aromatic heterocycles. The van der Waals surface area contributed by atoms with Crippen LogP contribution in [0.2, 0.25) is 0 Å². The number of oxime groups is 1. The minimum atomic E-state index is -0.178. The second-order valence-corrected chi connectivity index (χ2v) is 7.32. The minimum absolute atomic E-state index is 0.0521. The molecule has 3 heterocycles. The summed E-state index contributed by atoms with van der Waals surface area (Å²) in [4.78, 5) is 11.7. The highest BCUT2D eigenvalue weighted by molar-refractivity contribution is 6.01. The first-order valence-corrected chi connectivity index (χ1v) is 10.6. The maximum atomic E-state index is 11.9. The molecule has 2 aliphatic rings. The van der Waals surface area contributed by atoms with E-state index in [9.17, 15) is 4.39 Å². The van der Waals surface area contributed by atoms with E-state index in [0.717, 1.165) is 35.1 Å². The van der Waals surface area contributed by atoms with E-state index >= 15 is 0 Å². The van der Waals surface area contributed by atoms with Crippen molar-refractivity contribution in [2.45, 2.75) is 20.1 Å². The molecule has 2 aromatic carbocycles. The number of amidine groups is 1. The van der Waals surface area contributed by atoms with Gasteiger partial charge in [-0.3, -0.25) is 0 Å². The molecular formula is C26H27FN4O3. The van der Waals surface area contributed by atoms with E-state index in [1.807, 2.05) is 48.9 Å². The van der Waals surface area contributed by atoms with Crippen LogP contribution in [0, 0.1) is 25.6 Å². The van der Waals surface area contributed by atoms with Gasteiger partial charge in [0, 0.05) is 6.20 Å². The van der Waals surface area contributed by atoms with Crippen molar-refractivity contribution in [2.24, 2.45) is 5.16 Å². The number of benzene rings is 2. The van der Waals surface area contributed by atoms with Gasteiger partial charge in [0.2, 0.25) is 5.84 Å². The number of aromatic nitrogens is 2. The lowest BCUT2D eigenvalue weighted by atomic mass is 10.1. The molecule has 1 atom stereocenters. The number of fused-ring (bicyclic) bond motifs is 1.